The lowest BCUT2D eigenvalue weighted by Gasteiger charge is -2.36. The summed E-state index contributed by atoms with van der Waals surface area (Å²) in [5.41, 5.74) is 2.18. The largest absolute Gasteiger partial charge is 0.491 e. The van der Waals surface area contributed by atoms with E-state index in [4.69, 9.17) is 29.7 Å². The number of ether oxygens (including phenoxy) is 2. The monoisotopic (exact) mass is 549 g/mol. The number of anilines is 2. The smallest absolute Gasteiger partial charge is 0.343 e. The van der Waals surface area contributed by atoms with Crippen molar-refractivity contribution in [3.05, 3.63) is 64.1 Å². The van der Waals surface area contributed by atoms with E-state index in [0.717, 1.165) is 44.2 Å². The van der Waals surface area contributed by atoms with Crippen LogP contribution in [-0.2, 0) is 11.3 Å². The molecule has 3 aromatic heterocycles. The minimum absolute atomic E-state index is 0.228. The summed E-state index contributed by atoms with van der Waals surface area (Å²) in [6.07, 6.45) is -0.330. The molecule has 2 aliphatic rings. The Morgan fingerprint density at radius 1 is 1.07 bits per heavy atom. The minimum atomic E-state index is -0.330. The van der Waals surface area contributed by atoms with E-state index < -0.39 is 0 Å². The number of aromatic nitrogens is 4. The number of aliphatic imine (C=N–C) groups is 1. The van der Waals surface area contributed by atoms with Gasteiger partial charge in [0.15, 0.2) is 11.6 Å². The quantitative estimate of drug-likeness (QED) is 0.235. The van der Waals surface area contributed by atoms with Gasteiger partial charge in [-0.15, -0.1) is 0 Å². The first-order chi connectivity index (χ1) is 19.4. The molecule has 6 rings (SSSR count). The van der Waals surface area contributed by atoms with Crippen LogP contribution < -0.4 is 26.2 Å². The number of methoxy groups -OCH3 is 1. The van der Waals surface area contributed by atoms with Crippen molar-refractivity contribution in [1.29, 1.82) is 0 Å². The van der Waals surface area contributed by atoms with Gasteiger partial charge in [0.25, 0.3) is 0 Å². The highest BCUT2D eigenvalue weighted by Gasteiger charge is 2.33. The zero-order valence-corrected chi connectivity index (χ0v) is 23.0. The molecule has 0 aliphatic carbocycles. The molecule has 0 bridgehead atoms. The Balaban J connectivity index is 1.13. The number of piperazine rings is 1. The highest BCUT2D eigenvalue weighted by Crippen LogP contribution is 2.29. The standard InChI is InChI=1S/C27H35N9O4/c1-18-4-9-22(40-18)23-24-25(35(28)19(2)29-23)30-26-34(27(37)31-36(24)26)15-12-32-10-13-33(14-11-32)20-5-7-21(8-6-20)39-17-16-38-3/h4-9,19H,10-17,28H2,1-3H3,(H,31,37). The molecule has 1 unspecified atom stereocenters. The van der Waals surface area contributed by atoms with Crippen molar-refractivity contribution >= 4 is 23.0 Å². The fourth-order valence-corrected chi connectivity index (χ4v) is 5.22. The van der Waals surface area contributed by atoms with Crippen LogP contribution in [0.4, 0.5) is 11.5 Å². The summed E-state index contributed by atoms with van der Waals surface area (Å²) in [4.78, 5) is 27.2. The summed E-state index contributed by atoms with van der Waals surface area (Å²) < 4.78 is 19.9. The van der Waals surface area contributed by atoms with Crippen LogP contribution in [0.3, 0.4) is 0 Å². The molecule has 13 heteroatoms. The van der Waals surface area contributed by atoms with Crippen molar-refractivity contribution in [3.63, 3.8) is 0 Å². The van der Waals surface area contributed by atoms with Crippen LogP contribution in [0.25, 0.3) is 5.78 Å². The van der Waals surface area contributed by atoms with Gasteiger partial charge in [0.05, 0.1) is 6.61 Å². The van der Waals surface area contributed by atoms with Crippen LogP contribution in [0.2, 0.25) is 0 Å². The molecule has 4 aromatic rings. The van der Waals surface area contributed by atoms with E-state index in [-0.39, 0.29) is 11.9 Å². The van der Waals surface area contributed by atoms with E-state index >= 15 is 0 Å². The molecule has 1 atom stereocenters. The first-order valence-corrected chi connectivity index (χ1v) is 13.5. The van der Waals surface area contributed by atoms with Crippen LogP contribution in [0.1, 0.15) is 24.1 Å². The number of nitrogens with zero attached hydrogens (tertiary/aromatic N) is 7. The second-order valence-corrected chi connectivity index (χ2v) is 10.1. The molecule has 5 heterocycles. The average molecular weight is 550 g/mol. The van der Waals surface area contributed by atoms with E-state index in [1.54, 1.807) is 16.2 Å². The van der Waals surface area contributed by atoms with E-state index in [1.807, 2.05) is 38.1 Å². The minimum Gasteiger partial charge on any atom is -0.491 e. The first-order valence-electron chi connectivity index (χ1n) is 13.5. The molecule has 1 fully saturated rings. The zero-order valence-electron chi connectivity index (χ0n) is 23.0. The fourth-order valence-electron chi connectivity index (χ4n) is 5.22. The fraction of sp³-hybridized carbons (Fsp3) is 0.444. The van der Waals surface area contributed by atoms with Gasteiger partial charge in [-0.3, -0.25) is 19.5 Å². The summed E-state index contributed by atoms with van der Waals surface area (Å²) in [6, 6.07) is 11.9. The second-order valence-electron chi connectivity index (χ2n) is 10.1. The topological polar surface area (TPSA) is 135 Å². The van der Waals surface area contributed by atoms with Crippen LogP contribution in [0, 0.1) is 6.92 Å². The third kappa shape index (κ3) is 4.87. The van der Waals surface area contributed by atoms with E-state index in [9.17, 15) is 4.79 Å². The summed E-state index contributed by atoms with van der Waals surface area (Å²) >= 11 is 0. The number of hydrazine groups is 1. The number of hydrogen-bond donors (Lipinski definition) is 2. The summed E-state index contributed by atoms with van der Waals surface area (Å²) in [7, 11) is 1.66. The first kappa shape index (κ1) is 26.2. The Bertz CT molecular complexity index is 1560. The Hall–Kier alpha value is -4.07. The normalized spacial score (nSPS) is 17.9. The number of hydrogen-bond acceptors (Lipinski definition) is 10. The van der Waals surface area contributed by atoms with Crippen molar-refractivity contribution < 1.29 is 13.9 Å². The predicted octanol–water partition coefficient (Wildman–Crippen LogP) is 1.45. The molecule has 1 saturated heterocycles. The van der Waals surface area contributed by atoms with Crippen molar-refractivity contribution in [3.8, 4) is 5.75 Å². The molecule has 0 amide bonds. The van der Waals surface area contributed by atoms with Crippen molar-refractivity contribution in [2.75, 3.05) is 63.0 Å². The van der Waals surface area contributed by atoms with Gasteiger partial charge in [0.1, 0.15) is 35.7 Å². The third-order valence-corrected chi connectivity index (χ3v) is 7.47. The highest BCUT2D eigenvalue weighted by atomic mass is 16.5. The number of benzene rings is 1. The van der Waals surface area contributed by atoms with Gasteiger partial charge in [-0.25, -0.2) is 20.3 Å². The van der Waals surface area contributed by atoms with Gasteiger partial charge >= 0.3 is 5.69 Å². The van der Waals surface area contributed by atoms with Crippen molar-refractivity contribution in [2.45, 2.75) is 26.6 Å². The van der Waals surface area contributed by atoms with E-state index in [1.165, 1.54) is 10.7 Å². The molecule has 0 radical (unpaired) electrons. The Kier molecular flexibility index (Phi) is 7.09. The van der Waals surface area contributed by atoms with Crippen LogP contribution in [0.5, 0.6) is 5.75 Å². The summed E-state index contributed by atoms with van der Waals surface area (Å²) in [6.45, 7) is 9.71. The number of aromatic amines is 1. The number of H-pyrrole nitrogens is 1. The lowest BCUT2D eigenvalue weighted by atomic mass is 10.1. The van der Waals surface area contributed by atoms with E-state index in [2.05, 4.69) is 27.0 Å². The van der Waals surface area contributed by atoms with Crippen molar-refractivity contribution in [1.82, 2.24) is 24.1 Å². The van der Waals surface area contributed by atoms with Gasteiger partial charge in [-0.05, 0) is 50.2 Å². The van der Waals surface area contributed by atoms with Gasteiger partial charge in [-0.1, -0.05) is 0 Å². The molecule has 13 nitrogen and oxygen atoms in total. The maximum Gasteiger partial charge on any atom is 0.343 e. The van der Waals surface area contributed by atoms with Gasteiger partial charge in [-0.2, -0.15) is 4.98 Å². The maximum absolute atomic E-state index is 13.0. The molecule has 2 aliphatic heterocycles. The van der Waals surface area contributed by atoms with Gasteiger partial charge in [0.2, 0.25) is 5.78 Å². The number of imidazole rings is 1. The van der Waals surface area contributed by atoms with Crippen molar-refractivity contribution in [2.24, 2.45) is 10.8 Å². The molecule has 0 spiro atoms. The Morgan fingerprint density at radius 2 is 1.85 bits per heavy atom. The molecular weight excluding hydrogens is 514 g/mol. The Morgan fingerprint density at radius 3 is 2.55 bits per heavy atom. The summed E-state index contributed by atoms with van der Waals surface area (Å²) in [5.74, 6) is 9.61. The van der Waals surface area contributed by atoms with Crippen LogP contribution in [-0.4, -0.2) is 89.0 Å². The number of nitrogens with one attached hydrogen (secondary N) is 1. The molecular formula is C27H35N9O4. The molecule has 212 valence electrons. The molecule has 3 N–H and O–H groups in total. The summed E-state index contributed by atoms with van der Waals surface area (Å²) in [5, 5.41) is 4.44. The lowest BCUT2D eigenvalue weighted by Crippen LogP contribution is -2.47. The predicted molar refractivity (Wildman–Crippen MR) is 151 cm³/mol. The number of aryl methyl sites for hydroxylation is 1. The van der Waals surface area contributed by atoms with Crippen LogP contribution in [0.15, 0.2) is 50.6 Å². The molecule has 1 aromatic carbocycles. The number of nitrogens with two attached hydrogens (primary N) is 1. The Labute approximate surface area is 231 Å². The number of furan rings is 1. The van der Waals surface area contributed by atoms with Crippen LogP contribution >= 0.6 is 0 Å². The highest BCUT2D eigenvalue weighted by molar-refractivity contribution is 6.14. The number of rotatable bonds is 9. The van der Waals surface area contributed by atoms with Gasteiger partial charge < -0.3 is 18.8 Å². The molecule has 40 heavy (non-hydrogen) atoms. The third-order valence-electron chi connectivity index (χ3n) is 7.47. The molecule has 0 saturated carbocycles. The average Bonchev–Trinajstić information content (AvgIpc) is 3.64. The zero-order chi connectivity index (χ0) is 27.8. The van der Waals surface area contributed by atoms with Gasteiger partial charge in [0, 0.05) is 52.1 Å². The lowest BCUT2D eigenvalue weighted by molar-refractivity contribution is 0.146. The SMILES string of the molecule is COCCOc1ccc(N2CCN(CCn3c(=O)[nH]n4c5c(nc34)N(N)C(C)N=C5c3ccc(C)o3)CC2)cc1. The second kappa shape index (κ2) is 10.8. The maximum atomic E-state index is 13.0. The van der Waals surface area contributed by atoms with E-state index in [0.29, 0.717) is 48.5 Å². The number of fused-ring (bicyclic) bond motifs is 3.